The van der Waals surface area contributed by atoms with Crippen LogP contribution in [0.4, 0.5) is 0 Å². The maximum absolute atomic E-state index is 11.5. The standard InChI is InChI=1S/C10H18N2O3/c1-5-6-15-10(12-14)8(7(2)3)9(13)11-4/h5,7-8,14H,1,6H2,2-4H3,(H,11,13)/b12-10-. The number of hydrogen-bond acceptors (Lipinski definition) is 4. The second-order valence-corrected chi connectivity index (χ2v) is 3.37. The van der Waals surface area contributed by atoms with E-state index in [9.17, 15) is 4.79 Å². The van der Waals surface area contributed by atoms with E-state index in [1.54, 1.807) is 0 Å². The molecule has 5 heteroatoms. The number of carbonyl (C=O) groups is 1. The smallest absolute Gasteiger partial charge is 0.238 e. The summed E-state index contributed by atoms with van der Waals surface area (Å²) in [5.41, 5.74) is 0. The highest BCUT2D eigenvalue weighted by Crippen LogP contribution is 2.14. The van der Waals surface area contributed by atoms with Gasteiger partial charge in [0.25, 0.3) is 0 Å². The molecule has 0 fully saturated rings. The third-order valence-corrected chi connectivity index (χ3v) is 1.91. The Morgan fingerprint density at radius 3 is 2.60 bits per heavy atom. The number of oxime groups is 1. The van der Waals surface area contributed by atoms with Gasteiger partial charge in [0.1, 0.15) is 12.5 Å². The largest absolute Gasteiger partial charge is 0.474 e. The first kappa shape index (κ1) is 13.5. The lowest BCUT2D eigenvalue weighted by molar-refractivity contribution is -0.124. The minimum absolute atomic E-state index is 0.0133. The second kappa shape index (κ2) is 6.86. The van der Waals surface area contributed by atoms with Crippen LogP contribution in [-0.2, 0) is 9.53 Å². The summed E-state index contributed by atoms with van der Waals surface area (Å²) in [7, 11) is 1.53. The van der Waals surface area contributed by atoms with Crippen LogP contribution in [0.5, 0.6) is 0 Å². The van der Waals surface area contributed by atoms with Gasteiger partial charge in [0.05, 0.1) is 0 Å². The van der Waals surface area contributed by atoms with Gasteiger partial charge in [-0.15, -0.1) is 0 Å². The number of nitrogens with one attached hydrogen (secondary N) is 1. The highest BCUT2D eigenvalue weighted by molar-refractivity contribution is 6.00. The first-order valence-electron chi connectivity index (χ1n) is 4.75. The summed E-state index contributed by atoms with van der Waals surface area (Å²) >= 11 is 0. The van der Waals surface area contributed by atoms with Crippen LogP contribution in [0.15, 0.2) is 17.8 Å². The monoisotopic (exact) mass is 214 g/mol. The van der Waals surface area contributed by atoms with Crippen molar-refractivity contribution in [2.75, 3.05) is 13.7 Å². The molecule has 0 aromatic rings. The summed E-state index contributed by atoms with van der Waals surface area (Å²) in [5, 5.41) is 14.3. The normalized spacial score (nSPS) is 13.5. The number of nitrogens with zero attached hydrogens (tertiary/aromatic N) is 1. The summed E-state index contributed by atoms with van der Waals surface area (Å²) in [6, 6.07) is 0. The average molecular weight is 214 g/mol. The molecule has 0 aromatic heterocycles. The molecule has 1 amide bonds. The molecular weight excluding hydrogens is 196 g/mol. The van der Waals surface area contributed by atoms with Crippen molar-refractivity contribution in [2.24, 2.45) is 17.0 Å². The van der Waals surface area contributed by atoms with Gasteiger partial charge in [0.2, 0.25) is 11.8 Å². The summed E-state index contributed by atoms with van der Waals surface area (Å²) in [6.45, 7) is 7.38. The van der Waals surface area contributed by atoms with Gasteiger partial charge in [0.15, 0.2) is 0 Å². The zero-order chi connectivity index (χ0) is 11.8. The van der Waals surface area contributed by atoms with E-state index in [0.29, 0.717) is 0 Å². The lowest BCUT2D eigenvalue weighted by atomic mass is 9.95. The Kier molecular flexibility index (Phi) is 6.17. The fourth-order valence-electron chi connectivity index (χ4n) is 1.18. The van der Waals surface area contributed by atoms with Gasteiger partial charge in [0, 0.05) is 7.05 Å². The molecule has 0 aliphatic rings. The van der Waals surface area contributed by atoms with Crippen molar-refractivity contribution in [3.8, 4) is 0 Å². The van der Waals surface area contributed by atoms with Crippen molar-refractivity contribution in [3.63, 3.8) is 0 Å². The van der Waals surface area contributed by atoms with Gasteiger partial charge in [-0.05, 0) is 5.92 Å². The van der Waals surface area contributed by atoms with E-state index < -0.39 is 5.92 Å². The van der Waals surface area contributed by atoms with Crippen LogP contribution in [0.25, 0.3) is 0 Å². The number of hydrogen-bond donors (Lipinski definition) is 2. The number of amides is 1. The number of carbonyl (C=O) groups excluding carboxylic acids is 1. The van der Waals surface area contributed by atoms with Crippen molar-refractivity contribution in [3.05, 3.63) is 12.7 Å². The lowest BCUT2D eigenvalue weighted by Crippen LogP contribution is -2.37. The van der Waals surface area contributed by atoms with Gasteiger partial charge < -0.3 is 15.3 Å². The third-order valence-electron chi connectivity index (χ3n) is 1.91. The molecule has 0 aromatic carbocycles. The van der Waals surface area contributed by atoms with Gasteiger partial charge >= 0.3 is 0 Å². The van der Waals surface area contributed by atoms with E-state index in [4.69, 9.17) is 9.94 Å². The second-order valence-electron chi connectivity index (χ2n) is 3.37. The molecule has 1 atom stereocenters. The molecule has 15 heavy (non-hydrogen) atoms. The Morgan fingerprint density at radius 1 is 1.67 bits per heavy atom. The van der Waals surface area contributed by atoms with Crippen molar-refractivity contribution in [2.45, 2.75) is 13.8 Å². The molecule has 86 valence electrons. The van der Waals surface area contributed by atoms with E-state index in [2.05, 4.69) is 17.1 Å². The van der Waals surface area contributed by atoms with Crippen molar-refractivity contribution in [1.82, 2.24) is 5.32 Å². The molecule has 2 N–H and O–H groups in total. The maximum Gasteiger partial charge on any atom is 0.238 e. The first-order chi connectivity index (χ1) is 7.08. The minimum atomic E-state index is -0.583. The summed E-state index contributed by atoms with van der Waals surface area (Å²) < 4.78 is 5.11. The fourth-order valence-corrected chi connectivity index (χ4v) is 1.18. The van der Waals surface area contributed by atoms with Crippen LogP contribution in [0.3, 0.4) is 0 Å². The van der Waals surface area contributed by atoms with Gasteiger partial charge in [-0.2, -0.15) is 0 Å². The van der Waals surface area contributed by atoms with E-state index in [0.717, 1.165) is 0 Å². The van der Waals surface area contributed by atoms with Crippen molar-refractivity contribution in [1.29, 1.82) is 0 Å². The first-order valence-corrected chi connectivity index (χ1v) is 4.75. The van der Waals surface area contributed by atoms with Crippen LogP contribution in [0.2, 0.25) is 0 Å². The highest BCUT2D eigenvalue weighted by atomic mass is 16.5. The molecule has 0 radical (unpaired) electrons. The van der Waals surface area contributed by atoms with E-state index in [1.165, 1.54) is 13.1 Å². The summed E-state index contributed by atoms with van der Waals surface area (Å²) in [6.07, 6.45) is 1.52. The Bertz CT molecular complexity index is 249. The number of ether oxygens (including phenoxy) is 1. The minimum Gasteiger partial charge on any atom is -0.474 e. The third kappa shape index (κ3) is 4.01. The van der Waals surface area contributed by atoms with E-state index in [-0.39, 0.29) is 24.3 Å². The highest BCUT2D eigenvalue weighted by Gasteiger charge is 2.29. The van der Waals surface area contributed by atoms with Crippen LogP contribution < -0.4 is 5.32 Å². The van der Waals surface area contributed by atoms with Crippen LogP contribution in [-0.4, -0.2) is 30.7 Å². The maximum atomic E-state index is 11.5. The fraction of sp³-hybridized carbons (Fsp3) is 0.600. The van der Waals surface area contributed by atoms with Gasteiger partial charge in [-0.3, -0.25) is 4.79 Å². The van der Waals surface area contributed by atoms with E-state index >= 15 is 0 Å². The Hall–Kier alpha value is -1.52. The zero-order valence-corrected chi connectivity index (χ0v) is 9.36. The van der Waals surface area contributed by atoms with Gasteiger partial charge in [-0.1, -0.05) is 31.7 Å². The summed E-state index contributed by atoms with van der Waals surface area (Å²) in [4.78, 5) is 11.5. The molecule has 0 saturated carbocycles. The predicted molar refractivity (Wildman–Crippen MR) is 57.8 cm³/mol. The molecule has 1 unspecified atom stereocenters. The van der Waals surface area contributed by atoms with Crippen molar-refractivity contribution >= 4 is 11.8 Å². The average Bonchev–Trinajstić information content (AvgIpc) is 2.22. The SMILES string of the molecule is C=CCO/C(=N\O)C(C(=O)NC)C(C)C. The molecule has 5 nitrogen and oxygen atoms in total. The lowest BCUT2D eigenvalue weighted by Gasteiger charge is -2.19. The van der Waals surface area contributed by atoms with Crippen LogP contribution >= 0.6 is 0 Å². The van der Waals surface area contributed by atoms with Crippen molar-refractivity contribution < 1.29 is 14.7 Å². The zero-order valence-electron chi connectivity index (χ0n) is 9.36. The van der Waals surface area contributed by atoms with Crippen LogP contribution in [0, 0.1) is 11.8 Å². The Morgan fingerprint density at radius 2 is 2.27 bits per heavy atom. The molecule has 0 bridgehead atoms. The summed E-state index contributed by atoms with van der Waals surface area (Å²) in [5.74, 6) is -0.813. The molecule has 0 aliphatic heterocycles. The van der Waals surface area contributed by atoms with E-state index in [1.807, 2.05) is 13.8 Å². The number of rotatable bonds is 5. The molecule has 0 heterocycles. The molecule has 0 spiro atoms. The molecule has 0 rings (SSSR count). The molecule has 0 saturated heterocycles. The topological polar surface area (TPSA) is 70.9 Å². The predicted octanol–water partition coefficient (Wildman–Crippen LogP) is 0.995. The Labute approximate surface area is 89.8 Å². The molecular formula is C10H18N2O3. The van der Waals surface area contributed by atoms with Gasteiger partial charge in [-0.25, -0.2) is 0 Å². The molecule has 0 aliphatic carbocycles. The Balaban J connectivity index is 4.71. The quantitative estimate of drug-likeness (QED) is 0.236. The van der Waals surface area contributed by atoms with Crippen LogP contribution in [0.1, 0.15) is 13.8 Å².